The minimum absolute atomic E-state index is 0.241. The zero-order valence-electron chi connectivity index (χ0n) is 14.4. The summed E-state index contributed by atoms with van der Waals surface area (Å²) in [7, 11) is 0. The summed E-state index contributed by atoms with van der Waals surface area (Å²) in [6.45, 7) is 8.49. The summed E-state index contributed by atoms with van der Waals surface area (Å²) in [4.78, 5) is 24.1. The number of ether oxygens (including phenoxy) is 2. The van der Waals surface area contributed by atoms with Crippen LogP contribution in [0.25, 0.3) is 0 Å². The number of carbonyl (C=O) groups is 2. The van der Waals surface area contributed by atoms with Gasteiger partial charge in [-0.05, 0) is 17.4 Å². The first kappa shape index (κ1) is 18.9. The van der Waals surface area contributed by atoms with Gasteiger partial charge < -0.3 is 9.47 Å². The van der Waals surface area contributed by atoms with Crippen molar-refractivity contribution in [3.8, 4) is 0 Å². The molecule has 0 spiro atoms. The van der Waals surface area contributed by atoms with Gasteiger partial charge in [0.05, 0.1) is 13.2 Å². The lowest BCUT2D eigenvalue weighted by Crippen LogP contribution is -2.16. The molecule has 0 amide bonds. The summed E-state index contributed by atoms with van der Waals surface area (Å²) >= 11 is 0. The third kappa shape index (κ3) is 8.19. The Kier molecular flexibility index (Phi) is 8.09. The maximum atomic E-state index is 12.2. The first-order chi connectivity index (χ1) is 10.9. The zero-order valence-corrected chi connectivity index (χ0v) is 14.4. The molecule has 0 aliphatic carbocycles. The summed E-state index contributed by atoms with van der Waals surface area (Å²) in [6, 6.07) is 9.50. The monoisotopic (exact) mass is 318 g/mol. The minimum atomic E-state index is -0.508. The summed E-state index contributed by atoms with van der Waals surface area (Å²) in [6.07, 6.45) is 1.59. The van der Waals surface area contributed by atoms with Crippen molar-refractivity contribution in [3.05, 3.63) is 47.5 Å². The number of hydrogen-bond acceptors (Lipinski definition) is 4. The summed E-state index contributed by atoms with van der Waals surface area (Å²) in [5, 5.41) is 0. The van der Waals surface area contributed by atoms with Crippen molar-refractivity contribution in [1.29, 1.82) is 0 Å². The second-order valence-electron chi connectivity index (χ2n) is 6.35. The number of carbonyl (C=O) groups excluding carboxylic acids is 2. The van der Waals surface area contributed by atoms with Crippen molar-refractivity contribution in [3.63, 3.8) is 0 Å². The highest BCUT2D eigenvalue weighted by atomic mass is 16.5. The lowest BCUT2D eigenvalue weighted by Gasteiger charge is -2.11. The van der Waals surface area contributed by atoms with Gasteiger partial charge in [-0.15, -0.1) is 0 Å². The Labute approximate surface area is 138 Å². The maximum Gasteiger partial charge on any atom is 0.334 e. The van der Waals surface area contributed by atoms with Crippen LogP contribution in [0.5, 0.6) is 0 Å². The molecule has 0 bridgehead atoms. The van der Waals surface area contributed by atoms with Crippen LogP contribution in [-0.4, -0.2) is 25.2 Å². The average molecular weight is 318 g/mol. The van der Waals surface area contributed by atoms with Gasteiger partial charge in [-0.3, -0.25) is 0 Å². The van der Waals surface area contributed by atoms with E-state index in [4.69, 9.17) is 9.47 Å². The van der Waals surface area contributed by atoms with Crippen LogP contribution in [-0.2, 0) is 25.5 Å². The van der Waals surface area contributed by atoms with Crippen LogP contribution < -0.4 is 0 Å². The molecule has 4 nitrogen and oxygen atoms in total. The van der Waals surface area contributed by atoms with Crippen LogP contribution in [0, 0.1) is 11.8 Å². The molecule has 0 unspecified atom stereocenters. The van der Waals surface area contributed by atoms with Crippen molar-refractivity contribution in [2.75, 3.05) is 13.2 Å². The molecule has 0 atom stereocenters. The van der Waals surface area contributed by atoms with Gasteiger partial charge in [0, 0.05) is 18.1 Å². The van der Waals surface area contributed by atoms with E-state index in [2.05, 4.69) is 0 Å². The second kappa shape index (κ2) is 9.82. The van der Waals surface area contributed by atoms with Gasteiger partial charge in [-0.1, -0.05) is 58.0 Å². The van der Waals surface area contributed by atoms with Crippen LogP contribution in [0.2, 0.25) is 0 Å². The highest BCUT2D eigenvalue weighted by Crippen LogP contribution is 2.11. The van der Waals surface area contributed by atoms with Gasteiger partial charge in [-0.2, -0.15) is 0 Å². The van der Waals surface area contributed by atoms with Gasteiger partial charge in [0.2, 0.25) is 0 Å². The van der Waals surface area contributed by atoms with Crippen LogP contribution in [0.1, 0.15) is 33.3 Å². The molecule has 23 heavy (non-hydrogen) atoms. The fourth-order valence-corrected chi connectivity index (χ4v) is 1.77. The van der Waals surface area contributed by atoms with E-state index >= 15 is 0 Å². The largest absolute Gasteiger partial charge is 0.462 e. The molecule has 0 radical (unpaired) electrons. The molecule has 0 heterocycles. The van der Waals surface area contributed by atoms with E-state index in [1.54, 1.807) is 0 Å². The first-order valence-electron chi connectivity index (χ1n) is 7.96. The molecule has 1 rings (SSSR count). The fourth-order valence-electron chi connectivity index (χ4n) is 1.77. The number of rotatable bonds is 8. The molecular formula is C19H26O4. The SMILES string of the molecule is CC(C)COC(=O)/C=C(/Cc1ccccc1)C(=O)OCC(C)C. The van der Waals surface area contributed by atoms with Crippen molar-refractivity contribution in [1.82, 2.24) is 0 Å². The Hall–Kier alpha value is -2.10. The number of esters is 2. The van der Waals surface area contributed by atoms with Crippen molar-refractivity contribution >= 4 is 11.9 Å². The quantitative estimate of drug-likeness (QED) is 0.543. The van der Waals surface area contributed by atoms with Crippen molar-refractivity contribution in [2.45, 2.75) is 34.1 Å². The van der Waals surface area contributed by atoms with Gasteiger partial charge in [0.25, 0.3) is 0 Å². The minimum Gasteiger partial charge on any atom is -0.462 e. The predicted octanol–water partition coefficient (Wildman–Crippen LogP) is 3.55. The van der Waals surface area contributed by atoms with Crippen LogP contribution >= 0.6 is 0 Å². The lowest BCUT2D eigenvalue weighted by atomic mass is 10.0. The third-order valence-corrected chi connectivity index (χ3v) is 2.90. The molecule has 0 fully saturated rings. The maximum absolute atomic E-state index is 12.2. The molecular weight excluding hydrogens is 292 g/mol. The van der Waals surface area contributed by atoms with Crippen molar-refractivity contribution < 1.29 is 19.1 Å². The first-order valence-corrected chi connectivity index (χ1v) is 7.96. The molecule has 0 N–H and O–H groups in total. The van der Waals surface area contributed by atoms with Gasteiger partial charge in [0.1, 0.15) is 0 Å². The van der Waals surface area contributed by atoms with Gasteiger partial charge in [0.15, 0.2) is 0 Å². The number of hydrogen-bond donors (Lipinski definition) is 0. The van der Waals surface area contributed by atoms with Crippen LogP contribution in [0.3, 0.4) is 0 Å². The smallest absolute Gasteiger partial charge is 0.334 e. The Bertz CT molecular complexity index is 530. The van der Waals surface area contributed by atoms with Crippen LogP contribution in [0.4, 0.5) is 0 Å². The zero-order chi connectivity index (χ0) is 17.2. The number of benzene rings is 1. The standard InChI is InChI=1S/C19H26O4/c1-14(2)12-22-18(20)11-17(19(21)23-13-15(3)4)10-16-8-6-5-7-9-16/h5-9,11,14-15H,10,12-13H2,1-4H3/b17-11-. The molecule has 0 aliphatic heterocycles. The highest BCUT2D eigenvalue weighted by Gasteiger charge is 2.15. The molecule has 1 aromatic carbocycles. The molecule has 0 aromatic heterocycles. The van der Waals surface area contributed by atoms with Crippen molar-refractivity contribution in [2.24, 2.45) is 11.8 Å². The Morgan fingerprint density at radius 1 is 0.957 bits per heavy atom. The molecule has 126 valence electrons. The summed E-state index contributed by atoms with van der Waals surface area (Å²) in [5.41, 5.74) is 1.25. The normalized spacial score (nSPS) is 11.7. The topological polar surface area (TPSA) is 52.6 Å². The van der Waals surface area contributed by atoms with E-state index in [9.17, 15) is 9.59 Å². The molecule has 4 heteroatoms. The van der Waals surface area contributed by atoms with E-state index in [0.717, 1.165) is 5.56 Å². The van der Waals surface area contributed by atoms with Crippen LogP contribution in [0.15, 0.2) is 42.0 Å². The summed E-state index contributed by atoms with van der Waals surface area (Å²) < 4.78 is 10.4. The van der Waals surface area contributed by atoms with E-state index in [-0.39, 0.29) is 11.8 Å². The van der Waals surface area contributed by atoms with Gasteiger partial charge >= 0.3 is 11.9 Å². The third-order valence-electron chi connectivity index (χ3n) is 2.90. The molecule has 1 aromatic rings. The van der Waals surface area contributed by atoms with E-state index in [0.29, 0.717) is 25.2 Å². The summed E-state index contributed by atoms with van der Waals surface area (Å²) in [5.74, 6) is -0.488. The van der Waals surface area contributed by atoms with E-state index < -0.39 is 11.9 Å². The van der Waals surface area contributed by atoms with E-state index in [1.165, 1.54) is 6.08 Å². The van der Waals surface area contributed by atoms with Gasteiger partial charge in [-0.25, -0.2) is 9.59 Å². The van der Waals surface area contributed by atoms with E-state index in [1.807, 2.05) is 58.0 Å². The lowest BCUT2D eigenvalue weighted by molar-refractivity contribution is -0.142. The highest BCUT2D eigenvalue weighted by molar-refractivity contribution is 5.96. The second-order valence-corrected chi connectivity index (χ2v) is 6.35. The predicted molar refractivity (Wildman–Crippen MR) is 89.8 cm³/mol. The Morgan fingerprint density at radius 3 is 2.09 bits per heavy atom. The Balaban J connectivity index is 2.82. The average Bonchev–Trinajstić information content (AvgIpc) is 2.51. The Morgan fingerprint density at radius 2 is 1.52 bits per heavy atom. The molecule has 0 saturated heterocycles. The fraction of sp³-hybridized carbons (Fsp3) is 0.474. The molecule has 0 aliphatic rings. The molecule has 0 saturated carbocycles.